The van der Waals surface area contributed by atoms with Crippen LogP contribution in [0.1, 0.15) is 57.4 Å². The van der Waals surface area contributed by atoms with Crippen molar-refractivity contribution >= 4 is 5.78 Å². The van der Waals surface area contributed by atoms with E-state index in [2.05, 4.69) is 11.0 Å². The van der Waals surface area contributed by atoms with Crippen LogP contribution in [0.3, 0.4) is 0 Å². The molecule has 0 amide bonds. The molecule has 3 nitrogen and oxygen atoms in total. The molecule has 0 spiro atoms. The molecule has 0 atom stereocenters. The number of ketones is 1. The first kappa shape index (κ1) is 20.2. The first-order valence-electron chi connectivity index (χ1n) is 11.2. The number of nitrogens with zero attached hydrogens (tertiary/aromatic N) is 1. The largest absolute Gasteiger partial charge is 0.457 e. The molecule has 2 fully saturated rings. The maximum atomic E-state index is 12.9. The lowest BCUT2D eigenvalue weighted by molar-refractivity contribution is -0.124. The molecular formula is C26H33NO2. The average molecular weight is 392 g/mol. The van der Waals surface area contributed by atoms with Gasteiger partial charge in [-0.1, -0.05) is 55.7 Å². The van der Waals surface area contributed by atoms with Crippen LogP contribution < -0.4 is 4.74 Å². The molecule has 0 unspecified atom stereocenters. The van der Waals surface area contributed by atoms with E-state index in [-0.39, 0.29) is 5.78 Å². The van der Waals surface area contributed by atoms with Gasteiger partial charge in [0.2, 0.25) is 0 Å². The number of Topliss-reactive ketones (excluding diaryl/α,β-unsaturated/α-hetero) is 1. The first-order chi connectivity index (χ1) is 14.2. The smallest absolute Gasteiger partial charge is 0.140 e. The van der Waals surface area contributed by atoms with Crippen LogP contribution in [0.5, 0.6) is 11.5 Å². The molecule has 0 radical (unpaired) electrons. The van der Waals surface area contributed by atoms with Gasteiger partial charge in [-0.2, -0.15) is 0 Å². The minimum absolute atomic E-state index is 0.263. The van der Waals surface area contributed by atoms with Crippen molar-refractivity contribution in [1.82, 2.24) is 4.90 Å². The molecule has 154 valence electrons. The Morgan fingerprint density at radius 1 is 0.966 bits per heavy atom. The fourth-order valence-corrected chi connectivity index (χ4v) is 5.23. The lowest BCUT2D eigenvalue weighted by atomic mass is 9.69. The molecule has 4 rings (SSSR count). The number of likely N-dealkylation sites (tertiary alicyclic amines) is 1. The van der Waals surface area contributed by atoms with Crippen molar-refractivity contribution in [2.45, 2.75) is 57.3 Å². The third-order valence-corrected chi connectivity index (χ3v) is 7.00. The molecule has 0 N–H and O–H groups in total. The quantitative estimate of drug-likeness (QED) is 0.606. The summed E-state index contributed by atoms with van der Waals surface area (Å²) >= 11 is 0. The Hall–Kier alpha value is -2.13. The Bertz CT molecular complexity index is 802. The monoisotopic (exact) mass is 391 g/mol. The number of benzene rings is 2. The molecule has 1 saturated heterocycles. The van der Waals surface area contributed by atoms with Gasteiger partial charge in [0.1, 0.15) is 17.3 Å². The van der Waals surface area contributed by atoms with Crippen molar-refractivity contribution in [2.75, 3.05) is 19.6 Å². The van der Waals surface area contributed by atoms with Gasteiger partial charge in [-0.15, -0.1) is 0 Å². The fourth-order valence-electron chi connectivity index (χ4n) is 5.23. The standard InChI is InChI=1S/C26H33NO2/c1-21(28)26(16-18-27(19-17-26)20-22-10-4-2-5-11-22)24-14-8-9-15-25(24)29-23-12-6-3-7-13-23/h3,6-9,12-15,22H,2,4-5,10-11,16-20H2,1H3. The number of ether oxygens (including phenoxy) is 1. The molecule has 2 aromatic carbocycles. The van der Waals surface area contributed by atoms with E-state index in [0.717, 1.165) is 48.9 Å². The Morgan fingerprint density at radius 2 is 1.62 bits per heavy atom. The lowest BCUT2D eigenvalue weighted by Crippen LogP contribution is -2.47. The molecule has 1 aliphatic heterocycles. The SMILES string of the molecule is CC(=O)C1(c2ccccc2Oc2ccccc2)CCN(CC2CCCCC2)CC1. The van der Waals surface area contributed by atoms with Crippen LogP contribution >= 0.6 is 0 Å². The Balaban J connectivity index is 1.52. The predicted molar refractivity (Wildman–Crippen MR) is 118 cm³/mol. The maximum Gasteiger partial charge on any atom is 0.140 e. The van der Waals surface area contributed by atoms with E-state index in [1.807, 2.05) is 48.5 Å². The van der Waals surface area contributed by atoms with Crippen molar-refractivity contribution in [3.05, 3.63) is 60.2 Å². The zero-order valence-electron chi connectivity index (χ0n) is 17.6. The van der Waals surface area contributed by atoms with Gasteiger partial charge in [0, 0.05) is 12.1 Å². The van der Waals surface area contributed by atoms with Crippen LogP contribution in [0.2, 0.25) is 0 Å². The highest BCUT2D eigenvalue weighted by Gasteiger charge is 2.42. The van der Waals surface area contributed by atoms with Crippen molar-refractivity contribution in [3.8, 4) is 11.5 Å². The molecule has 0 aromatic heterocycles. The average Bonchev–Trinajstić information content (AvgIpc) is 2.76. The van der Waals surface area contributed by atoms with Gasteiger partial charge in [-0.25, -0.2) is 0 Å². The molecule has 0 bridgehead atoms. The van der Waals surface area contributed by atoms with Crippen LogP contribution in [0, 0.1) is 5.92 Å². The van der Waals surface area contributed by atoms with Crippen molar-refractivity contribution in [1.29, 1.82) is 0 Å². The predicted octanol–water partition coefficient (Wildman–Crippen LogP) is 5.98. The van der Waals surface area contributed by atoms with Gasteiger partial charge in [0.05, 0.1) is 5.41 Å². The first-order valence-corrected chi connectivity index (χ1v) is 11.2. The number of hydrogen-bond acceptors (Lipinski definition) is 3. The van der Waals surface area contributed by atoms with E-state index in [1.54, 1.807) is 6.92 Å². The summed E-state index contributed by atoms with van der Waals surface area (Å²) in [7, 11) is 0. The summed E-state index contributed by atoms with van der Waals surface area (Å²) in [6, 6.07) is 18.0. The minimum Gasteiger partial charge on any atom is -0.457 e. The molecule has 1 saturated carbocycles. The fraction of sp³-hybridized carbons (Fsp3) is 0.500. The topological polar surface area (TPSA) is 29.5 Å². The molecular weight excluding hydrogens is 358 g/mol. The van der Waals surface area contributed by atoms with Gasteiger partial charge < -0.3 is 9.64 Å². The molecule has 1 heterocycles. The summed E-state index contributed by atoms with van der Waals surface area (Å²) in [5, 5.41) is 0. The molecule has 3 heteroatoms. The summed E-state index contributed by atoms with van der Waals surface area (Å²) in [6.45, 7) is 4.96. The molecule has 1 aliphatic carbocycles. The van der Waals surface area contributed by atoms with E-state index < -0.39 is 5.41 Å². The van der Waals surface area contributed by atoms with E-state index in [1.165, 1.54) is 38.6 Å². The van der Waals surface area contributed by atoms with E-state index in [4.69, 9.17) is 4.74 Å². The Kier molecular flexibility index (Phi) is 6.34. The zero-order valence-corrected chi connectivity index (χ0v) is 17.6. The maximum absolute atomic E-state index is 12.9. The normalized spacial score (nSPS) is 20.3. The number of rotatable bonds is 6. The summed E-state index contributed by atoms with van der Waals surface area (Å²) < 4.78 is 6.22. The van der Waals surface area contributed by atoms with Crippen molar-refractivity contribution < 1.29 is 9.53 Å². The van der Waals surface area contributed by atoms with Crippen molar-refractivity contribution in [2.24, 2.45) is 5.92 Å². The van der Waals surface area contributed by atoms with Crippen LogP contribution in [0.25, 0.3) is 0 Å². The van der Waals surface area contributed by atoms with E-state index in [9.17, 15) is 4.79 Å². The van der Waals surface area contributed by atoms with Gasteiger partial charge in [0.25, 0.3) is 0 Å². The van der Waals surface area contributed by atoms with Gasteiger partial charge in [-0.3, -0.25) is 4.79 Å². The highest BCUT2D eigenvalue weighted by atomic mass is 16.5. The molecule has 29 heavy (non-hydrogen) atoms. The highest BCUT2D eigenvalue weighted by Crippen LogP contribution is 2.42. The van der Waals surface area contributed by atoms with Gasteiger partial charge in [-0.05, 0) is 69.8 Å². The second-order valence-corrected chi connectivity index (χ2v) is 8.85. The minimum atomic E-state index is -0.436. The van der Waals surface area contributed by atoms with Crippen molar-refractivity contribution in [3.63, 3.8) is 0 Å². The van der Waals surface area contributed by atoms with Crippen LogP contribution in [0.15, 0.2) is 54.6 Å². The second-order valence-electron chi connectivity index (χ2n) is 8.85. The summed E-state index contributed by atoms with van der Waals surface area (Å²) in [5.74, 6) is 2.74. The number of piperidine rings is 1. The summed E-state index contributed by atoms with van der Waals surface area (Å²) in [5.41, 5.74) is 0.614. The van der Waals surface area contributed by atoms with E-state index >= 15 is 0 Å². The molecule has 2 aliphatic rings. The lowest BCUT2D eigenvalue weighted by Gasteiger charge is -2.42. The Morgan fingerprint density at radius 3 is 2.31 bits per heavy atom. The number of carbonyl (C=O) groups is 1. The highest BCUT2D eigenvalue weighted by molar-refractivity contribution is 5.89. The molecule has 2 aromatic rings. The third-order valence-electron chi connectivity index (χ3n) is 7.00. The Labute approximate surface area is 175 Å². The van der Waals surface area contributed by atoms with Crippen LogP contribution in [-0.2, 0) is 10.2 Å². The van der Waals surface area contributed by atoms with Gasteiger partial charge in [0.15, 0.2) is 0 Å². The van der Waals surface area contributed by atoms with Crippen LogP contribution in [-0.4, -0.2) is 30.3 Å². The van der Waals surface area contributed by atoms with E-state index in [0.29, 0.717) is 0 Å². The summed E-state index contributed by atoms with van der Waals surface area (Å²) in [6.07, 6.45) is 8.70. The zero-order chi connectivity index (χ0) is 20.1. The van der Waals surface area contributed by atoms with Crippen LogP contribution in [0.4, 0.5) is 0 Å². The number of carbonyl (C=O) groups excluding carboxylic acids is 1. The summed E-state index contributed by atoms with van der Waals surface area (Å²) in [4.78, 5) is 15.5. The third kappa shape index (κ3) is 4.56. The number of hydrogen-bond donors (Lipinski definition) is 0. The van der Waals surface area contributed by atoms with Gasteiger partial charge >= 0.3 is 0 Å². The number of para-hydroxylation sites is 2. The second kappa shape index (κ2) is 9.13.